The van der Waals surface area contributed by atoms with Crippen molar-refractivity contribution in [3.8, 4) is 5.69 Å². The van der Waals surface area contributed by atoms with E-state index in [-0.39, 0.29) is 5.69 Å². The predicted octanol–water partition coefficient (Wildman–Crippen LogP) is 1.88. The van der Waals surface area contributed by atoms with Crippen LogP contribution in [-0.2, 0) is 0 Å². The molecular formula is C11H10N2O2. The van der Waals surface area contributed by atoms with Crippen LogP contribution in [0.3, 0.4) is 0 Å². The molecule has 0 spiro atoms. The van der Waals surface area contributed by atoms with Crippen LogP contribution in [0.25, 0.3) is 5.69 Å². The third-order valence-electron chi connectivity index (χ3n) is 2.14. The molecule has 2 aromatic rings. The van der Waals surface area contributed by atoms with E-state index in [2.05, 4.69) is 4.98 Å². The zero-order valence-corrected chi connectivity index (χ0v) is 8.21. The van der Waals surface area contributed by atoms with Crippen LogP contribution in [0.15, 0.2) is 36.7 Å². The highest BCUT2D eigenvalue weighted by molar-refractivity contribution is 5.86. The summed E-state index contributed by atoms with van der Waals surface area (Å²) in [5.74, 6) is -0.944. The maximum Gasteiger partial charge on any atom is 0.352 e. The molecule has 15 heavy (non-hydrogen) atoms. The van der Waals surface area contributed by atoms with Gasteiger partial charge >= 0.3 is 5.97 Å². The van der Waals surface area contributed by atoms with Crippen molar-refractivity contribution in [1.82, 2.24) is 9.55 Å². The second-order valence-electron chi connectivity index (χ2n) is 3.23. The molecule has 4 heteroatoms. The highest BCUT2D eigenvalue weighted by Gasteiger charge is 2.09. The molecule has 0 atom stereocenters. The number of carboxylic acids is 1. The molecule has 2 aromatic heterocycles. The summed E-state index contributed by atoms with van der Waals surface area (Å²) in [6, 6.07) is 6.95. The highest BCUT2D eigenvalue weighted by atomic mass is 16.4. The lowest BCUT2D eigenvalue weighted by atomic mass is 10.3. The van der Waals surface area contributed by atoms with Gasteiger partial charge in [0.2, 0.25) is 0 Å². The summed E-state index contributed by atoms with van der Waals surface area (Å²) < 4.78 is 1.59. The van der Waals surface area contributed by atoms with Crippen molar-refractivity contribution in [2.24, 2.45) is 0 Å². The molecule has 0 aliphatic carbocycles. The molecule has 2 rings (SSSR count). The van der Waals surface area contributed by atoms with Gasteiger partial charge in [0, 0.05) is 11.9 Å². The lowest BCUT2D eigenvalue weighted by Gasteiger charge is -2.05. The van der Waals surface area contributed by atoms with Gasteiger partial charge in [-0.25, -0.2) is 4.79 Å². The number of rotatable bonds is 2. The smallest absolute Gasteiger partial charge is 0.352 e. The van der Waals surface area contributed by atoms with E-state index in [0.717, 1.165) is 11.4 Å². The second kappa shape index (κ2) is 3.57. The van der Waals surface area contributed by atoms with E-state index in [9.17, 15) is 4.79 Å². The quantitative estimate of drug-likeness (QED) is 0.808. The maximum absolute atomic E-state index is 10.9. The number of nitrogens with zero attached hydrogens (tertiary/aromatic N) is 2. The van der Waals surface area contributed by atoms with Crippen molar-refractivity contribution >= 4 is 5.97 Å². The van der Waals surface area contributed by atoms with Crippen LogP contribution < -0.4 is 0 Å². The summed E-state index contributed by atoms with van der Waals surface area (Å²) in [6.07, 6.45) is 3.36. The van der Waals surface area contributed by atoms with E-state index in [4.69, 9.17) is 5.11 Å². The first-order chi connectivity index (χ1) is 7.18. The van der Waals surface area contributed by atoms with Crippen molar-refractivity contribution in [3.05, 3.63) is 48.0 Å². The predicted molar refractivity (Wildman–Crippen MR) is 55.3 cm³/mol. The van der Waals surface area contributed by atoms with Gasteiger partial charge in [0.25, 0.3) is 0 Å². The topological polar surface area (TPSA) is 55.1 Å². The van der Waals surface area contributed by atoms with E-state index in [1.807, 2.05) is 19.1 Å². The number of hydrogen-bond acceptors (Lipinski definition) is 2. The number of carbonyl (C=O) groups is 1. The van der Waals surface area contributed by atoms with E-state index in [0.29, 0.717) is 0 Å². The summed E-state index contributed by atoms with van der Waals surface area (Å²) >= 11 is 0. The average Bonchev–Trinajstić information content (AvgIpc) is 2.67. The standard InChI is InChI=1S/C11H10N2O2/c1-8-4-5-9(7-12-8)13-6-2-3-10(13)11(14)15/h2-7H,1H3,(H,14,15). The molecule has 0 aromatic carbocycles. The zero-order chi connectivity index (χ0) is 10.8. The Labute approximate surface area is 86.8 Å². The van der Waals surface area contributed by atoms with Crippen LogP contribution >= 0.6 is 0 Å². The number of aromatic carboxylic acids is 1. The second-order valence-corrected chi connectivity index (χ2v) is 3.23. The molecule has 0 fully saturated rings. The minimum Gasteiger partial charge on any atom is -0.477 e. The molecule has 0 radical (unpaired) electrons. The van der Waals surface area contributed by atoms with Gasteiger partial charge in [-0.1, -0.05) is 0 Å². The Balaban J connectivity index is 2.49. The highest BCUT2D eigenvalue weighted by Crippen LogP contribution is 2.11. The Morgan fingerprint density at radius 2 is 2.20 bits per heavy atom. The molecule has 0 saturated heterocycles. The van der Waals surface area contributed by atoms with Crippen molar-refractivity contribution < 1.29 is 9.90 Å². The fraction of sp³-hybridized carbons (Fsp3) is 0.0909. The van der Waals surface area contributed by atoms with Gasteiger partial charge in [-0.3, -0.25) is 4.98 Å². The molecule has 0 aliphatic heterocycles. The Morgan fingerprint density at radius 3 is 2.80 bits per heavy atom. The van der Waals surface area contributed by atoms with Gasteiger partial charge in [-0.05, 0) is 31.2 Å². The fourth-order valence-electron chi connectivity index (χ4n) is 1.38. The Bertz CT molecular complexity index is 486. The maximum atomic E-state index is 10.9. The molecule has 0 aliphatic rings. The van der Waals surface area contributed by atoms with E-state index in [1.165, 1.54) is 0 Å². The van der Waals surface area contributed by atoms with E-state index in [1.54, 1.807) is 29.1 Å². The normalized spacial score (nSPS) is 10.2. The number of pyridine rings is 1. The lowest BCUT2D eigenvalue weighted by Crippen LogP contribution is -2.05. The molecule has 2 heterocycles. The third-order valence-corrected chi connectivity index (χ3v) is 2.14. The largest absolute Gasteiger partial charge is 0.477 e. The minimum absolute atomic E-state index is 0.237. The van der Waals surface area contributed by atoms with Gasteiger partial charge < -0.3 is 9.67 Å². The fourth-order valence-corrected chi connectivity index (χ4v) is 1.38. The molecule has 0 amide bonds. The van der Waals surface area contributed by atoms with Gasteiger partial charge in [0.15, 0.2) is 0 Å². The van der Waals surface area contributed by atoms with Crippen LogP contribution in [0.5, 0.6) is 0 Å². The first kappa shape index (κ1) is 9.45. The van der Waals surface area contributed by atoms with Crippen molar-refractivity contribution in [2.75, 3.05) is 0 Å². The Hall–Kier alpha value is -2.10. The lowest BCUT2D eigenvalue weighted by molar-refractivity contribution is 0.0688. The molecule has 76 valence electrons. The number of aryl methyl sites for hydroxylation is 1. The third kappa shape index (κ3) is 1.74. The summed E-state index contributed by atoms with van der Waals surface area (Å²) in [5, 5.41) is 8.93. The number of hydrogen-bond donors (Lipinski definition) is 1. The molecule has 1 N–H and O–H groups in total. The summed E-state index contributed by atoms with van der Waals surface area (Å²) in [7, 11) is 0. The van der Waals surface area contributed by atoms with Crippen LogP contribution in [0, 0.1) is 6.92 Å². The van der Waals surface area contributed by atoms with E-state index >= 15 is 0 Å². The van der Waals surface area contributed by atoms with Crippen molar-refractivity contribution in [1.29, 1.82) is 0 Å². The van der Waals surface area contributed by atoms with Gasteiger partial charge in [-0.15, -0.1) is 0 Å². The monoisotopic (exact) mass is 202 g/mol. The van der Waals surface area contributed by atoms with Crippen molar-refractivity contribution in [3.63, 3.8) is 0 Å². The van der Waals surface area contributed by atoms with Gasteiger partial charge in [0.05, 0.1) is 11.9 Å². The van der Waals surface area contributed by atoms with Gasteiger partial charge in [-0.2, -0.15) is 0 Å². The summed E-state index contributed by atoms with van der Waals surface area (Å²) in [4.78, 5) is 15.0. The number of aromatic nitrogens is 2. The van der Waals surface area contributed by atoms with Crippen LogP contribution in [-0.4, -0.2) is 20.6 Å². The van der Waals surface area contributed by atoms with Crippen LogP contribution in [0.2, 0.25) is 0 Å². The molecule has 0 unspecified atom stereocenters. The Kier molecular flexibility index (Phi) is 2.25. The first-order valence-electron chi connectivity index (χ1n) is 4.52. The van der Waals surface area contributed by atoms with Crippen LogP contribution in [0.4, 0.5) is 0 Å². The molecule has 0 saturated carbocycles. The molecular weight excluding hydrogens is 192 g/mol. The van der Waals surface area contributed by atoms with Crippen LogP contribution in [0.1, 0.15) is 16.2 Å². The van der Waals surface area contributed by atoms with Gasteiger partial charge in [0.1, 0.15) is 5.69 Å². The van der Waals surface area contributed by atoms with Crippen molar-refractivity contribution in [2.45, 2.75) is 6.92 Å². The van der Waals surface area contributed by atoms with E-state index < -0.39 is 5.97 Å². The number of carboxylic acid groups (broad SMARTS) is 1. The summed E-state index contributed by atoms with van der Waals surface area (Å²) in [5.41, 5.74) is 1.89. The first-order valence-corrected chi connectivity index (χ1v) is 4.52. The minimum atomic E-state index is -0.944. The summed E-state index contributed by atoms with van der Waals surface area (Å²) in [6.45, 7) is 1.89. The SMILES string of the molecule is Cc1ccc(-n2cccc2C(=O)O)cn1. The zero-order valence-electron chi connectivity index (χ0n) is 8.21. The molecule has 4 nitrogen and oxygen atoms in total. The molecule has 0 bridgehead atoms. The average molecular weight is 202 g/mol. The Morgan fingerprint density at radius 1 is 1.40 bits per heavy atom.